The van der Waals surface area contributed by atoms with E-state index in [2.05, 4.69) is 20.2 Å². The maximum atomic E-state index is 12.6. The fourth-order valence-electron chi connectivity index (χ4n) is 4.59. The summed E-state index contributed by atoms with van der Waals surface area (Å²) in [6, 6.07) is 7.24. The van der Waals surface area contributed by atoms with E-state index in [1.165, 1.54) is 28.7 Å². The first-order valence-corrected chi connectivity index (χ1v) is 10.6. The highest BCUT2D eigenvalue weighted by Gasteiger charge is 2.25. The van der Waals surface area contributed by atoms with E-state index in [1.54, 1.807) is 24.5 Å². The van der Waals surface area contributed by atoms with Gasteiger partial charge in [0.15, 0.2) is 5.58 Å². The van der Waals surface area contributed by atoms with Crippen molar-refractivity contribution in [1.29, 1.82) is 0 Å². The van der Waals surface area contributed by atoms with Crippen molar-refractivity contribution in [2.45, 2.75) is 51.1 Å². The van der Waals surface area contributed by atoms with Gasteiger partial charge in [0, 0.05) is 30.4 Å². The maximum absolute atomic E-state index is 12.6. The second-order valence-electron chi connectivity index (χ2n) is 8.08. The van der Waals surface area contributed by atoms with Crippen LogP contribution in [0, 0.1) is 0 Å². The molecule has 0 saturated carbocycles. The Morgan fingerprint density at radius 3 is 2.80 bits per heavy atom. The van der Waals surface area contributed by atoms with Crippen molar-refractivity contribution < 1.29 is 9.21 Å². The lowest BCUT2D eigenvalue weighted by Crippen LogP contribution is -2.46. The molecule has 0 radical (unpaired) electrons. The summed E-state index contributed by atoms with van der Waals surface area (Å²) in [7, 11) is 0. The fourth-order valence-corrected chi connectivity index (χ4v) is 4.59. The van der Waals surface area contributed by atoms with E-state index in [9.17, 15) is 9.59 Å². The Morgan fingerprint density at radius 1 is 1.13 bits per heavy atom. The third-order valence-corrected chi connectivity index (χ3v) is 6.14. The monoisotopic (exact) mass is 407 g/mol. The molecule has 156 valence electrons. The number of oxazole rings is 1. The molecule has 0 atom stereocenters. The Labute approximate surface area is 173 Å². The van der Waals surface area contributed by atoms with Crippen LogP contribution in [0.3, 0.4) is 0 Å². The number of para-hydroxylation sites is 2. The van der Waals surface area contributed by atoms with Crippen molar-refractivity contribution in [2.24, 2.45) is 0 Å². The van der Waals surface area contributed by atoms with Gasteiger partial charge in [-0.2, -0.15) is 0 Å². The standard InChI is InChI=1S/C22H25N5O3/c28-20(13-27-18-7-3-4-8-19(18)30-22(27)29)25-15-9-11-26(12-10-15)21-16-5-1-2-6-17(16)23-14-24-21/h3-4,7-8,14-15H,1-2,5-6,9-13H2,(H,25,28). The van der Waals surface area contributed by atoms with E-state index in [0.717, 1.165) is 44.6 Å². The van der Waals surface area contributed by atoms with Crippen molar-refractivity contribution in [1.82, 2.24) is 19.9 Å². The fraction of sp³-hybridized carbons (Fsp3) is 0.455. The Bertz CT molecular complexity index is 1130. The minimum Gasteiger partial charge on any atom is -0.408 e. The van der Waals surface area contributed by atoms with E-state index in [-0.39, 0.29) is 18.5 Å². The van der Waals surface area contributed by atoms with Gasteiger partial charge in [-0.05, 0) is 50.7 Å². The van der Waals surface area contributed by atoms with E-state index in [0.29, 0.717) is 11.1 Å². The highest BCUT2D eigenvalue weighted by molar-refractivity contribution is 5.79. The zero-order chi connectivity index (χ0) is 20.5. The minimum absolute atomic E-state index is 0.0323. The average Bonchev–Trinajstić information content (AvgIpc) is 3.09. The number of nitrogens with zero attached hydrogens (tertiary/aromatic N) is 4. The molecule has 2 aromatic heterocycles. The molecule has 0 unspecified atom stereocenters. The van der Waals surface area contributed by atoms with Gasteiger partial charge < -0.3 is 14.6 Å². The van der Waals surface area contributed by atoms with Crippen LogP contribution in [-0.4, -0.2) is 39.6 Å². The number of aromatic nitrogens is 3. The SMILES string of the molecule is O=C(Cn1c(=O)oc2ccccc21)NC1CCN(c2ncnc3c2CCCC3)CC1. The number of nitrogens with one attached hydrogen (secondary N) is 1. The van der Waals surface area contributed by atoms with Crippen molar-refractivity contribution in [3.63, 3.8) is 0 Å². The molecule has 30 heavy (non-hydrogen) atoms. The van der Waals surface area contributed by atoms with Crippen LogP contribution < -0.4 is 16.0 Å². The van der Waals surface area contributed by atoms with Crippen LogP contribution in [0.4, 0.5) is 5.82 Å². The Morgan fingerprint density at radius 2 is 1.93 bits per heavy atom. The zero-order valence-electron chi connectivity index (χ0n) is 16.8. The second-order valence-corrected chi connectivity index (χ2v) is 8.08. The summed E-state index contributed by atoms with van der Waals surface area (Å²) in [4.78, 5) is 36.0. The van der Waals surface area contributed by atoms with Crippen LogP contribution >= 0.6 is 0 Å². The quantitative estimate of drug-likeness (QED) is 0.712. The number of aryl methyl sites for hydroxylation is 1. The van der Waals surface area contributed by atoms with Gasteiger partial charge in [0.25, 0.3) is 0 Å². The molecule has 5 rings (SSSR count). The molecule has 1 N–H and O–H groups in total. The summed E-state index contributed by atoms with van der Waals surface area (Å²) in [6.45, 7) is 1.67. The van der Waals surface area contributed by atoms with Crippen molar-refractivity contribution in [2.75, 3.05) is 18.0 Å². The van der Waals surface area contributed by atoms with Crippen LogP contribution in [0.2, 0.25) is 0 Å². The molecule has 1 amide bonds. The lowest BCUT2D eigenvalue weighted by atomic mass is 9.95. The number of anilines is 1. The molecule has 1 aliphatic carbocycles. The third kappa shape index (κ3) is 3.58. The molecule has 8 nitrogen and oxygen atoms in total. The lowest BCUT2D eigenvalue weighted by molar-refractivity contribution is -0.122. The number of hydrogen-bond donors (Lipinski definition) is 1. The van der Waals surface area contributed by atoms with Gasteiger partial charge in [0.2, 0.25) is 5.91 Å². The van der Waals surface area contributed by atoms with E-state index in [4.69, 9.17) is 4.42 Å². The summed E-state index contributed by atoms with van der Waals surface area (Å²) >= 11 is 0. The largest absolute Gasteiger partial charge is 0.420 e. The number of fused-ring (bicyclic) bond motifs is 2. The third-order valence-electron chi connectivity index (χ3n) is 6.14. The van der Waals surface area contributed by atoms with E-state index >= 15 is 0 Å². The van der Waals surface area contributed by atoms with Crippen molar-refractivity contribution in [3.05, 3.63) is 52.4 Å². The summed E-state index contributed by atoms with van der Waals surface area (Å²) in [5.41, 5.74) is 3.63. The van der Waals surface area contributed by atoms with Gasteiger partial charge in [-0.25, -0.2) is 14.8 Å². The summed E-state index contributed by atoms with van der Waals surface area (Å²) in [6.07, 6.45) is 7.88. The molecule has 3 heterocycles. The highest BCUT2D eigenvalue weighted by atomic mass is 16.4. The number of piperidine rings is 1. The first-order chi connectivity index (χ1) is 14.7. The Balaban J connectivity index is 1.21. The predicted molar refractivity (Wildman–Crippen MR) is 113 cm³/mol. The molecule has 8 heteroatoms. The molecule has 1 fully saturated rings. The van der Waals surface area contributed by atoms with Crippen LogP contribution in [0.15, 0.2) is 39.8 Å². The summed E-state index contributed by atoms with van der Waals surface area (Å²) in [5.74, 6) is 0.400. The zero-order valence-corrected chi connectivity index (χ0v) is 16.8. The van der Waals surface area contributed by atoms with Crippen molar-refractivity contribution >= 4 is 22.8 Å². The topological polar surface area (TPSA) is 93.3 Å². The molecule has 1 aromatic carbocycles. The van der Waals surface area contributed by atoms with Gasteiger partial charge in [-0.3, -0.25) is 9.36 Å². The highest BCUT2D eigenvalue weighted by Crippen LogP contribution is 2.28. The lowest BCUT2D eigenvalue weighted by Gasteiger charge is -2.35. The maximum Gasteiger partial charge on any atom is 0.420 e. The molecule has 0 bridgehead atoms. The van der Waals surface area contributed by atoms with Crippen LogP contribution in [0.25, 0.3) is 11.1 Å². The predicted octanol–water partition coefficient (Wildman–Crippen LogP) is 2.05. The van der Waals surface area contributed by atoms with Crippen LogP contribution in [-0.2, 0) is 24.2 Å². The summed E-state index contributed by atoms with van der Waals surface area (Å²) < 4.78 is 6.59. The molecule has 1 saturated heterocycles. The number of carbonyl (C=O) groups excluding carboxylic acids is 1. The average molecular weight is 407 g/mol. The van der Waals surface area contributed by atoms with Gasteiger partial charge in [-0.15, -0.1) is 0 Å². The van der Waals surface area contributed by atoms with Gasteiger partial charge in [-0.1, -0.05) is 12.1 Å². The first-order valence-electron chi connectivity index (χ1n) is 10.6. The minimum atomic E-state index is -0.505. The molecule has 0 spiro atoms. The molecule has 3 aromatic rings. The summed E-state index contributed by atoms with van der Waals surface area (Å²) in [5, 5.41) is 3.08. The Hall–Kier alpha value is -3.16. The normalized spacial score (nSPS) is 17.1. The van der Waals surface area contributed by atoms with Crippen molar-refractivity contribution in [3.8, 4) is 0 Å². The first kappa shape index (κ1) is 18.8. The number of amides is 1. The number of benzene rings is 1. The number of carbonyl (C=O) groups is 1. The molecular weight excluding hydrogens is 382 g/mol. The molecule has 2 aliphatic rings. The van der Waals surface area contributed by atoms with E-state index in [1.807, 2.05) is 6.07 Å². The van der Waals surface area contributed by atoms with Gasteiger partial charge in [0.05, 0.1) is 5.52 Å². The second kappa shape index (κ2) is 7.93. The van der Waals surface area contributed by atoms with Gasteiger partial charge >= 0.3 is 5.76 Å². The Kier molecular flexibility index (Phi) is 4.98. The number of hydrogen-bond acceptors (Lipinski definition) is 6. The molecular formula is C22H25N5O3. The van der Waals surface area contributed by atoms with Gasteiger partial charge in [0.1, 0.15) is 18.7 Å². The van der Waals surface area contributed by atoms with Crippen LogP contribution in [0.5, 0.6) is 0 Å². The van der Waals surface area contributed by atoms with Crippen LogP contribution in [0.1, 0.15) is 36.9 Å². The van der Waals surface area contributed by atoms with E-state index < -0.39 is 5.76 Å². The molecule has 1 aliphatic heterocycles. The smallest absolute Gasteiger partial charge is 0.408 e. The number of rotatable bonds is 4.